The van der Waals surface area contributed by atoms with Crippen LogP contribution in [-0.2, 0) is 0 Å². The van der Waals surface area contributed by atoms with E-state index < -0.39 is 0 Å². The van der Waals surface area contributed by atoms with Crippen LogP contribution >= 0.6 is 0 Å². The fourth-order valence-corrected chi connectivity index (χ4v) is 2.74. The first-order valence-electron chi connectivity index (χ1n) is 5.42. The van der Waals surface area contributed by atoms with Crippen molar-refractivity contribution in [3.8, 4) is 0 Å². The molecule has 0 aromatic carbocycles. The van der Waals surface area contributed by atoms with Crippen molar-refractivity contribution in [2.45, 2.75) is 60.3 Å². The number of hydrogen-bond acceptors (Lipinski definition) is 0. The Morgan fingerprint density at radius 2 is 1.75 bits per heavy atom. The zero-order valence-electron chi connectivity index (χ0n) is 9.41. The zero-order valence-corrected chi connectivity index (χ0v) is 9.41. The van der Waals surface area contributed by atoms with Crippen molar-refractivity contribution in [2.24, 2.45) is 16.7 Å². The van der Waals surface area contributed by atoms with Crippen LogP contribution in [0.4, 0.5) is 0 Å². The van der Waals surface area contributed by atoms with E-state index in [1.165, 1.54) is 25.7 Å². The summed E-state index contributed by atoms with van der Waals surface area (Å²) in [5.41, 5.74) is 1.09. The van der Waals surface area contributed by atoms with Crippen LogP contribution in [0.1, 0.15) is 60.3 Å². The molecule has 12 heavy (non-hydrogen) atoms. The predicted octanol–water partition coefficient (Wildman–Crippen LogP) is 4.25. The van der Waals surface area contributed by atoms with Gasteiger partial charge >= 0.3 is 0 Å². The van der Waals surface area contributed by atoms with Crippen molar-refractivity contribution in [3.05, 3.63) is 0 Å². The van der Waals surface area contributed by atoms with Crippen LogP contribution in [-0.4, -0.2) is 0 Å². The number of rotatable bonds is 1. The maximum Gasteiger partial charge on any atom is -0.0275 e. The Labute approximate surface area is 77.7 Å². The van der Waals surface area contributed by atoms with Crippen LogP contribution in [0.3, 0.4) is 0 Å². The normalized spacial score (nSPS) is 33.2. The van der Waals surface area contributed by atoms with Gasteiger partial charge in [-0.05, 0) is 29.6 Å². The molecule has 0 spiro atoms. The van der Waals surface area contributed by atoms with Gasteiger partial charge in [0, 0.05) is 0 Å². The molecule has 0 amide bonds. The molecule has 1 saturated carbocycles. The Kier molecular flexibility index (Phi) is 2.56. The van der Waals surface area contributed by atoms with Gasteiger partial charge in [-0.25, -0.2) is 0 Å². The van der Waals surface area contributed by atoms with Gasteiger partial charge in [0.2, 0.25) is 0 Å². The second kappa shape index (κ2) is 3.05. The summed E-state index contributed by atoms with van der Waals surface area (Å²) in [6.45, 7) is 12.1. The summed E-state index contributed by atoms with van der Waals surface area (Å²) in [4.78, 5) is 0. The van der Waals surface area contributed by atoms with Gasteiger partial charge in [0.25, 0.3) is 0 Å². The summed E-state index contributed by atoms with van der Waals surface area (Å²) in [5, 5.41) is 0. The van der Waals surface area contributed by atoms with Gasteiger partial charge in [0.05, 0.1) is 0 Å². The predicted molar refractivity (Wildman–Crippen MR) is 55.2 cm³/mol. The third-order valence-electron chi connectivity index (χ3n) is 4.61. The third kappa shape index (κ3) is 1.41. The fourth-order valence-electron chi connectivity index (χ4n) is 2.74. The van der Waals surface area contributed by atoms with Crippen LogP contribution in [0, 0.1) is 16.7 Å². The standard InChI is InChI=1S/C12H24/c1-6-10-8-7-9-11(2,3)12(10,4)5/h10H,6-9H2,1-5H3. The van der Waals surface area contributed by atoms with Gasteiger partial charge in [0.1, 0.15) is 0 Å². The van der Waals surface area contributed by atoms with Crippen molar-refractivity contribution in [3.63, 3.8) is 0 Å². The van der Waals surface area contributed by atoms with E-state index in [2.05, 4.69) is 34.6 Å². The summed E-state index contributed by atoms with van der Waals surface area (Å²) in [6.07, 6.45) is 5.66. The van der Waals surface area contributed by atoms with Crippen molar-refractivity contribution in [2.75, 3.05) is 0 Å². The van der Waals surface area contributed by atoms with Crippen LogP contribution < -0.4 is 0 Å². The minimum absolute atomic E-state index is 0.542. The molecule has 1 aliphatic carbocycles. The SMILES string of the molecule is CCC1CCCC(C)(C)C1(C)C. The van der Waals surface area contributed by atoms with Gasteiger partial charge in [-0.2, -0.15) is 0 Å². The van der Waals surface area contributed by atoms with Gasteiger partial charge in [0.15, 0.2) is 0 Å². The van der Waals surface area contributed by atoms with Gasteiger partial charge in [-0.15, -0.1) is 0 Å². The molecule has 72 valence electrons. The van der Waals surface area contributed by atoms with Gasteiger partial charge in [-0.1, -0.05) is 47.5 Å². The lowest BCUT2D eigenvalue weighted by Gasteiger charge is -2.51. The van der Waals surface area contributed by atoms with E-state index in [1.807, 2.05) is 0 Å². The first-order valence-corrected chi connectivity index (χ1v) is 5.42. The molecule has 0 aromatic heterocycles. The van der Waals surface area contributed by atoms with Crippen LogP contribution in [0.2, 0.25) is 0 Å². The Bertz CT molecular complexity index is 153. The monoisotopic (exact) mass is 168 g/mol. The Morgan fingerprint density at radius 1 is 1.17 bits per heavy atom. The summed E-state index contributed by atoms with van der Waals surface area (Å²) < 4.78 is 0. The molecule has 1 aliphatic rings. The topological polar surface area (TPSA) is 0 Å². The van der Waals surface area contributed by atoms with E-state index in [1.54, 1.807) is 0 Å². The molecular weight excluding hydrogens is 144 g/mol. The molecule has 1 unspecified atom stereocenters. The highest BCUT2D eigenvalue weighted by Crippen LogP contribution is 2.53. The van der Waals surface area contributed by atoms with Gasteiger partial charge < -0.3 is 0 Å². The van der Waals surface area contributed by atoms with Crippen LogP contribution in [0.5, 0.6) is 0 Å². The average molecular weight is 168 g/mol. The molecule has 0 heterocycles. The van der Waals surface area contributed by atoms with Crippen molar-refractivity contribution in [1.82, 2.24) is 0 Å². The molecule has 0 N–H and O–H groups in total. The summed E-state index contributed by atoms with van der Waals surface area (Å²) in [6, 6.07) is 0. The summed E-state index contributed by atoms with van der Waals surface area (Å²) in [5.74, 6) is 0.946. The zero-order chi connectivity index (χ0) is 9.41. The first-order chi connectivity index (χ1) is 5.42. The molecule has 1 rings (SSSR count). The van der Waals surface area contributed by atoms with Crippen LogP contribution in [0.25, 0.3) is 0 Å². The highest BCUT2D eigenvalue weighted by Gasteiger charge is 2.44. The maximum absolute atomic E-state index is 2.46. The Morgan fingerprint density at radius 3 is 2.17 bits per heavy atom. The minimum atomic E-state index is 0.542. The second-order valence-corrected chi connectivity index (χ2v) is 5.60. The fraction of sp³-hybridized carbons (Fsp3) is 1.00. The lowest BCUT2D eigenvalue weighted by Crippen LogP contribution is -2.42. The minimum Gasteiger partial charge on any atom is -0.0651 e. The van der Waals surface area contributed by atoms with Crippen molar-refractivity contribution in [1.29, 1.82) is 0 Å². The Balaban J connectivity index is 2.82. The summed E-state index contributed by atoms with van der Waals surface area (Å²) in [7, 11) is 0. The molecule has 0 bridgehead atoms. The molecular formula is C12H24. The average Bonchev–Trinajstić information content (AvgIpc) is 1.95. The van der Waals surface area contributed by atoms with Crippen molar-refractivity contribution >= 4 is 0 Å². The maximum atomic E-state index is 2.46. The van der Waals surface area contributed by atoms with E-state index in [0.29, 0.717) is 10.8 Å². The lowest BCUT2D eigenvalue weighted by atomic mass is 9.54. The highest BCUT2D eigenvalue weighted by molar-refractivity contribution is 4.94. The second-order valence-electron chi connectivity index (χ2n) is 5.60. The lowest BCUT2D eigenvalue weighted by molar-refractivity contribution is -0.0109. The quantitative estimate of drug-likeness (QED) is 0.549. The highest BCUT2D eigenvalue weighted by atomic mass is 14.5. The van der Waals surface area contributed by atoms with E-state index >= 15 is 0 Å². The molecule has 0 saturated heterocycles. The summed E-state index contributed by atoms with van der Waals surface area (Å²) >= 11 is 0. The largest absolute Gasteiger partial charge is 0.0651 e. The Hall–Kier alpha value is 0. The molecule has 0 aliphatic heterocycles. The van der Waals surface area contributed by atoms with Crippen molar-refractivity contribution < 1.29 is 0 Å². The molecule has 1 fully saturated rings. The van der Waals surface area contributed by atoms with Gasteiger partial charge in [-0.3, -0.25) is 0 Å². The molecule has 1 atom stereocenters. The van der Waals surface area contributed by atoms with E-state index in [4.69, 9.17) is 0 Å². The molecule has 0 aromatic rings. The first kappa shape index (κ1) is 10.1. The van der Waals surface area contributed by atoms with E-state index in [9.17, 15) is 0 Å². The van der Waals surface area contributed by atoms with E-state index in [-0.39, 0.29) is 0 Å². The molecule has 0 radical (unpaired) electrons. The smallest absolute Gasteiger partial charge is 0.0275 e. The van der Waals surface area contributed by atoms with Crippen LogP contribution in [0.15, 0.2) is 0 Å². The third-order valence-corrected chi connectivity index (χ3v) is 4.61. The van der Waals surface area contributed by atoms with E-state index in [0.717, 1.165) is 5.92 Å². The number of hydrogen-bond donors (Lipinski definition) is 0. The molecule has 0 heteroatoms. The molecule has 0 nitrogen and oxygen atoms in total.